The van der Waals surface area contributed by atoms with E-state index in [0.29, 0.717) is 28.0 Å². The van der Waals surface area contributed by atoms with Crippen LogP contribution in [0.25, 0.3) is 0 Å². The lowest BCUT2D eigenvalue weighted by Gasteiger charge is -2.04. The molecule has 18 heavy (non-hydrogen) atoms. The van der Waals surface area contributed by atoms with E-state index in [4.69, 9.17) is 16.7 Å². The Morgan fingerprint density at radius 3 is 3.06 bits per heavy atom. The average molecular weight is 289 g/mol. The molecule has 96 valence electrons. The van der Waals surface area contributed by atoms with Gasteiger partial charge >= 0.3 is 0 Å². The van der Waals surface area contributed by atoms with E-state index in [1.165, 1.54) is 34.6 Å². The molecule has 0 aliphatic heterocycles. The third-order valence-electron chi connectivity index (χ3n) is 2.18. The highest BCUT2D eigenvalue weighted by Crippen LogP contribution is 2.25. The van der Waals surface area contributed by atoms with Crippen LogP contribution in [0.1, 0.15) is 5.56 Å². The van der Waals surface area contributed by atoms with Crippen molar-refractivity contribution >= 4 is 23.4 Å². The van der Waals surface area contributed by atoms with E-state index in [1.807, 2.05) is 0 Å². The molecule has 0 saturated heterocycles. The molecule has 0 bridgehead atoms. The summed E-state index contributed by atoms with van der Waals surface area (Å²) < 4.78 is 14.6. The van der Waals surface area contributed by atoms with Gasteiger partial charge < -0.3 is 5.11 Å². The number of aliphatic hydroxyl groups excluding tert-OH is 1. The molecule has 1 heterocycles. The summed E-state index contributed by atoms with van der Waals surface area (Å²) >= 11 is 7.29. The zero-order valence-electron chi connectivity index (χ0n) is 9.25. The molecule has 0 atom stereocenters. The van der Waals surface area contributed by atoms with E-state index in [1.54, 1.807) is 0 Å². The minimum Gasteiger partial charge on any atom is -0.394 e. The van der Waals surface area contributed by atoms with Crippen LogP contribution in [0, 0.1) is 5.82 Å². The van der Waals surface area contributed by atoms with Crippen LogP contribution in [-0.4, -0.2) is 31.9 Å². The van der Waals surface area contributed by atoms with Crippen molar-refractivity contribution in [1.29, 1.82) is 0 Å². The molecule has 2 aromatic rings. The van der Waals surface area contributed by atoms with Gasteiger partial charge in [-0.25, -0.2) is 9.07 Å². The summed E-state index contributed by atoms with van der Waals surface area (Å²) in [5.74, 6) is 0.132. The Labute approximate surface area is 112 Å². The molecule has 1 aromatic heterocycles. The minimum absolute atomic E-state index is 0.0423. The van der Waals surface area contributed by atoms with Gasteiger partial charge in [0.1, 0.15) is 5.82 Å². The first-order valence-corrected chi connectivity index (χ1v) is 6.51. The lowest BCUT2D eigenvalue weighted by Crippen LogP contribution is -2.05. The van der Waals surface area contributed by atoms with Crippen LogP contribution in [0.3, 0.4) is 0 Å². The van der Waals surface area contributed by atoms with Crippen molar-refractivity contribution in [3.05, 3.63) is 34.6 Å². The smallest absolute Gasteiger partial charge is 0.209 e. The Kier molecular flexibility index (Phi) is 4.51. The van der Waals surface area contributed by atoms with E-state index in [9.17, 15) is 4.39 Å². The number of thioether (sulfide) groups is 1. The molecule has 0 fully saturated rings. The van der Waals surface area contributed by atoms with Crippen molar-refractivity contribution in [2.45, 2.75) is 17.5 Å². The van der Waals surface area contributed by atoms with Gasteiger partial charge in [-0.15, -0.1) is 5.10 Å². The van der Waals surface area contributed by atoms with Crippen LogP contribution in [-0.2, 0) is 12.3 Å². The fourth-order valence-electron chi connectivity index (χ4n) is 1.33. The van der Waals surface area contributed by atoms with E-state index in [0.717, 1.165) is 0 Å². The van der Waals surface area contributed by atoms with Gasteiger partial charge in [-0.3, -0.25) is 0 Å². The number of nitrogens with zero attached hydrogens (tertiary/aromatic N) is 4. The normalized spacial score (nSPS) is 10.8. The number of aliphatic hydroxyl groups is 1. The molecule has 0 aliphatic carbocycles. The van der Waals surface area contributed by atoms with Crippen LogP contribution in [0.4, 0.5) is 4.39 Å². The monoisotopic (exact) mass is 288 g/mol. The first-order valence-electron chi connectivity index (χ1n) is 5.14. The van der Waals surface area contributed by atoms with Gasteiger partial charge in [0, 0.05) is 10.8 Å². The van der Waals surface area contributed by atoms with Gasteiger partial charge in [0.25, 0.3) is 0 Å². The van der Waals surface area contributed by atoms with Crippen LogP contribution in [0.5, 0.6) is 0 Å². The lowest BCUT2D eigenvalue weighted by atomic mass is 10.2. The highest BCUT2D eigenvalue weighted by Gasteiger charge is 2.08. The summed E-state index contributed by atoms with van der Waals surface area (Å²) in [7, 11) is 0. The molecule has 1 N–H and O–H groups in total. The first-order chi connectivity index (χ1) is 8.70. The van der Waals surface area contributed by atoms with E-state index in [2.05, 4.69) is 15.5 Å². The quantitative estimate of drug-likeness (QED) is 0.849. The highest BCUT2D eigenvalue weighted by atomic mass is 35.5. The number of aromatic nitrogens is 4. The second-order valence-corrected chi connectivity index (χ2v) is 4.78. The second-order valence-electron chi connectivity index (χ2n) is 3.43. The minimum atomic E-state index is -0.329. The number of benzene rings is 1. The molecular formula is C10H10ClFN4OS. The lowest BCUT2D eigenvalue weighted by molar-refractivity contribution is 0.262. The molecule has 5 nitrogen and oxygen atoms in total. The SMILES string of the molecule is OCCn1nnnc1SCc1cc(F)ccc1Cl. The van der Waals surface area contributed by atoms with Crippen LogP contribution >= 0.6 is 23.4 Å². The number of hydrogen-bond donors (Lipinski definition) is 1. The van der Waals surface area contributed by atoms with Crippen molar-refractivity contribution in [2.75, 3.05) is 6.61 Å². The third-order valence-corrected chi connectivity index (χ3v) is 3.55. The zero-order valence-corrected chi connectivity index (χ0v) is 10.8. The molecule has 0 unspecified atom stereocenters. The van der Waals surface area contributed by atoms with Crippen LogP contribution < -0.4 is 0 Å². The predicted molar refractivity (Wildman–Crippen MR) is 65.9 cm³/mol. The van der Waals surface area contributed by atoms with Crippen LogP contribution in [0.15, 0.2) is 23.4 Å². The second kappa shape index (κ2) is 6.12. The Morgan fingerprint density at radius 2 is 2.28 bits per heavy atom. The highest BCUT2D eigenvalue weighted by molar-refractivity contribution is 7.98. The Balaban J connectivity index is 2.06. The molecule has 1 aromatic carbocycles. The average Bonchev–Trinajstić information content (AvgIpc) is 2.78. The van der Waals surface area contributed by atoms with E-state index in [-0.39, 0.29) is 12.4 Å². The Hall–Kier alpha value is -1.18. The maximum Gasteiger partial charge on any atom is 0.209 e. The van der Waals surface area contributed by atoms with Gasteiger partial charge in [-0.05, 0) is 34.2 Å². The largest absolute Gasteiger partial charge is 0.394 e. The van der Waals surface area contributed by atoms with Crippen molar-refractivity contribution in [3.8, 4) is 0 Å². The van der Waals surface area contributed by atoms with Gasteiger partial charge in [-0.1, -0.05) is 23.4 Å². The summed E-state index contributed by atoms with van der Waals surface area (Å²) in [6, 6.07) is 4.21. The molecule has 0 radical (unpaired) electrons. The van der Waals surface area contributed by atoms with Crippen molar-refractivity contribution in [2.24, 2.45) is 0 Å². The Bertz CT molecular complexity index is 536. The number of hydrogen-bond acceptors (Lipinski definition) is 5. The van der Waals surface area contributed by atoms with E-state index >= 15 is 0 Å². The zero-order chi connectivity index (χ0) is 13.0. The summed E-state index contributed by atoms with van der Waals surface area (Å²) in [5, 5.41) is 21.0. The fraction of sp³-hybridized carbons (Fsp3) is 0.300. The first kappa shape index (κ1) is 13.3. The standard InChI is InChI=1S/C10H10ClFN4OS/c11-9-2-1-8(12)5-7(9)6-18-10-13-14-15-16(10)3-4-17/h1-2,5,17H,3-4,6H2. The molecule has 2 rings (SSSR count). The van der Waals surface area contributed by atoms with Gasteiger partial charge in [0.05, 0.1) is 13.2 Å². The summed E-state index contributed by atoms with van der Waals surface area (Å²) in [5.41, 5.74) is 0.681. The van der Waals surface area contributed by atoms with Crippen molar-refractivity contribution in [1.82, 2.24) is 20.2 Å². The van der Waals surface area contributed by atoms with Crippen LogP contribution in [0.2, 0.25) is 5.02 Å². The van der Waals surface area contributed by atoms with Gasteiger partial charge in [-0.2, -0.15) is 0 Å². The van der Waals surface area contributed by atoms with Gasteiger partial charge in [0.2, 0.25) is 5.16 Å². The molecular weight excluding hydrogens is 279 g/mol. The Morgan fingerprint density at radius 1 is 1.44 bits per heavy atom. The summed E-state index contributed by atoms with van der Waals surface area (Å²) in [6.07, 6.45) is 0. The number of halogens is 2. The third kappa shape index (κ3) is 3.18. The molecule has 0 spiro atoms. The predicted octanol–water partition coefficient (Wildman–Crippen LogP) is 1.75. The van der Waals surface area contributed by atoms with Crippen molar-refractivity contribution in [3.63, 3.8) is 0 Å². The fourth-order valence-corrected chi connectivity index (χ4v) is 2.49. The maximum absolute atomic E-state index is 13.1. The number of rotatable bonds is 5. The summed E-state index contributed by atoms with van der Waals surface area (Å²) in [4.78, 5) is 0. The molecule has 8 heteroatoms. The topological polar surface area (TPSA) is 63.8 Å². The summed E-state index contributed by atoms with van der Waals surface area (Å²) in [6.45, 7) is 0.283. The van der Waals surface area contributed by atoms with E-state index < -0.39 is 0 Å². The maximum atomic E-state index is 13.1. The molecule has 0 saturated carbocycles. The molecule has 0 aliphatic rings. The number of tetrazole rings is 1. The van der Waals surface area contributed by atoms with Gasteiger partial charge in [0.15, 0.2) is 0 Å². The molecule has 0 amide bonds. The van der Waals surface area contributed by atoms with Crippen molar-refractivity contribution < 1.29 is 9.50 Å².